The summed E-state index contributed by atoms with van der Waals surface area (Å²) in [6.45, 7) is 2.09. The van der Waals surface area contributed by atoms with Crippen LogP contribution in [-0.2, 0) is 18.9 Å². The first kappa shape index (κ1) is 9.57. The summed E-state index contributed by atoms with van der Waals surface area (Å²) < 4.78 is 1.22. The fourth-order valence-corrected chi connectivity index (χ4v) is 2.03. The number of hydrogen-bond acceptors (Lipinski definition) is 1. The second kappa shape index (κ2) is 4.03. The molecule has 14 heavy (non-hydrogen) atoms. The van der Waals surface area contributed by atoms with E-state index >= 15 is 0 Å². The second-order valence-electron chi connectivity index (χ2n) is 3.18. The number of aryl methyl sites for hydroxylation is 1. The van der Waals surface area contributed by atoms with Crippen molar-refractivity contribution >= 4 is 4.08 Å². The van der Waals surface area contributed by atoms with Crippen molar-refractivity contribution in [2.24, 2.45) is 0 Å². The molecular formula is C12H10IrN+2. The Morgan fingerprint density at radius 1 is 1.07 bits per heavy atom. The molecule has 2 heteroatoms. The third-order valence-corrected chi connectivity index (χ3v) is 3.03. The van der Waals surface area contributed by atoms with Crippen molar-refractivity contribution < 1.29 is 18.9 Å². The van der Waals surface area contributed by atoms with Crippen LogP contribution in [0.3, 0.4) is 0 Å². The third-order valence-electron chi connectivity index (χ3n) is 2.07. The average Bonchev–Trinajstić information content (AvgIpc) is 2.20. The summed E-state index contributed by atoms with van der Waals surface area (Å²) in [7, 11) is 0. The Balaban J connectivity index is 2.50. The van der Waals surface area contributed by atoms with E-state index in [4.69, 9.17) is 0 Å². The van der Waals surface area contributed by atoms with Gasteiger partial charge in [0.15, 0.2) is 0 Å². The Hall–Kier alpha value is -0.981. The number of nitrogens with zero attached hydrogens (tertiary/aromatic N) is 1. The van der Waals surface area contributed by atoms with Crippen molar-refractivity contribution in [3.8, 4) is 11.3 Å². The zero-order chi connectivity index (χ0) is 9.97. The summed E-state index contributed by atoms with van der Waals surface area (Å²) >= 11 is 2.09. The molecule has 0 saturated carbocycles. The summed E-state index contributed by atoms with van der Waals surface area (Å²) in [4.78, 5) is 4.38. The van der Waals surface area contributed by atoms with Crippen molar-refractivity contribution in [1.82, 2.24) is 4.98 Å². The van der Waals surface area contributed by atoms with Gasteiger partial charge in [-0.25, -0.2) is 0 Å². The molecule has 0 aliphatic carbocycles. The van der Waals surface area contributed by atoms with Crippen LogP contribution in [0.15, 0.2) is 42.6 Å². The van der Waals surface area contributed by atoms with Crippen LogP contribution in [0.2, 0.25) is 0 Å². The van der Waals surface area contributed by atoms with Crippen LogP contribution in [0, 0.1) is 6.92 Å². The van der Waals surface area contributed by atoms with Gasteiger partial charge in [0, 0.05) is 0 Å². The van der Waals surface area contributed by atoms with Crippen molar-refractivity contribution in [2.75, 3.05) is 0 Å². The van der Waals surface area contributed by atoms with Crippen molar-refractivity contribution in [2.45, 2.75) is 6.92 Å². The molecule has 0 spiro atoms. The van der Waals surface area contributed by atoms with Gasteiger partial charge in [-0.3, -0.25) is 0 Å². The van der Waals surface area contributed by atoms with Gasteiger partial charge in [0.1, 0.15) is 0 Å². The van der Waals surface area contributed by atoms with Gasteiger partial charge in [-0.15, -0.1) is 0 Å². The van der Waals surface area contributed by atoms with Crippen LogP contribution >= 0.6 is 0 Å². The molecule has 70 valence electrons. The van der Waals surface area contributed by atoms with Gasteiger partial charge >= 0.3 is 94.3 Å². The van der Waals surface area contributed by atoms with E-state index in [1.807, 2.05) is 12.3 Å². The summed E-state index contributed by atoms with van der Waals surface area (Å²) in [6.07, 6.45) is 1.84. The van der Waals surface area contributed by atoms with Gasteiger partial charge in [-0.05, 0) is 0 Å². The first-order valence-electron chi connectivity index (χ1n) is 4.43. The number of pyridine rings is 1. The number of rotatable bonds is 1. The fraction of sp³-hybridized carbons (Fsp3) is 0.0833. The zero-order valence-corrected chi connectivity index (χ0v) is 10.2. The van der Waals surface area contributed by atoms with Crippen LogP contribution in [0.4, 0.5) is 0 Å². The zero-order valence-electron chi connectivity index (χ0n) is 7.82. The van der Waals surface area contributed by atoms with Crippen molar-refractivity contribution in [3.05, 3.63) is 48.2 Å². The summed E-state index contributed by atoms with van der Waals surface area (Å²) in [6, 6.07) is 12.5. The van der Waals surface area contributed by atoms with Crippen LogP contribution in [-0.4, -0.2) is 4.98 Å². The van der Waals surface area contributed by atoms with Gasteiger partial charge in [-0.1, -0.05) is 0 Å². The number of hydrogen-bond donors (Lipinski definition) is 0. The third kappa shape index (κ3) is 1.92. The van der Waals surface area contributed by atoms with Crippen LogP contribution < -0.4 is 4.08 Å². The van der Waals surface area contributed by atoms with E-state index in [-0.39, 0.29) is 0 Å². The Morgan fingerprint density at radius 2 is 1.79 bits per heavy atom. The van der Waals surface area contributed by atoms with Gasteiger partial charge < -0.3 is 0 Å². The van der Waals surface area contributed by atoms with Crippen LogP contribution in [0.1, 0.15) is 5.56 Å². The summed E-state index contributed by atoms with van der Waals surface area (Å²) in [5.74, 6) is 0. The minimum atomic E-state index is 1.08. The molecule has 1 aromatic carbocycles. The quantitative estimate of drug-likeness (QED) is 0.760. The molecule has 2 aromatic rings. The van der Waals surface area contributed by atoms with E-state index in [0.717, 1.165) is 5.69 Å². The molecule has 0 unspecified atom stereocenters. The van der Waals surface area contributed by atoms with Gasteiger partial charge in [0.2, 0.25) is 0 Å². The number of benzene rings is 1. The Kier molecular flexibility index (Phi) is 2.76. The van der Waals surface area contributed by atoms with Gasteiger partial charge in [-0.2, -0.15) is 0 Å². The predicted molar refractivity (Wildman–Crippen MR) is 54.0 cm³/mol. The van der Waals surface area contributed by atoms with Gasteiger partial charge in [0.05, 0.1) is 0 Å². The molecule has 2 rings (SSSR count). The molecule has 0 fully saturated rings. The van der Waals surface area contributed by atoms with Crippen LogP contribution in [0.5, 0.6) is 0 Å². The summed E-state index contributed by atoms with van der Waals surface area (Å²) in [5, 5.41) is 0. The fourth-order valence-electron chi connectivity index (χ4n) is 1.30. The first-order chi connectivity index (χ1) is 6.77. The van der Waals surface area contributed by atoms with E-state index in [9.17, 15) is 0 Å². The molecule has 1 nitrogen and oxygen atoms in total. The van der Waals surface area contributed by atoms with E-state index < -0.39 is 0 Å². The van der Waals surface area contributed by atoms with E-state index in [0.29, 0.717) is 0 Å². The Labute approximate surface area is 94.4 Å². The Bertz CT molecular complexity index is 434. The molecule has 1 heterocycles. The maximum atomic E-state index is 4.38. The molecule has 0 aliphatic heterocycles. The molecule has 0 amide bonds. The summed E-state index contributed by atoms with van der Waals surface area (Å²) in [5.41, 5.74) is 3.54. The molecule has 1 aromatic heterocycles. The minimum absolute atomic E-state index is 1.08. The molecular weight excluding hydrogens is 350 g/mol. The molecule has 0 bridgehead atoms. The average molecular weight is 360 g/mol. The maximum absolute atomic E-state index is 4.38. The van der Waals surface area contributed by atoms with Crippen molar-refractivity contribution in [1.29, 1.82) is 0 Å². The molecule has 0 saturated heterocycles. The van der Waals surface area contributed by atoms with Gasteiger partial charge in [0.25, 0.3) is 0 Å². The first-order valence-corrected chi connectivity index (χ1v) is 5.62. The predicted octanol–water partition coefficient (Wildman–Crippen LogP) is 2.23. The second-order valence-corrected chi connectivity index (χ2v) is 4.47. The molecule has 0 aliphatic rings. The van der Waals surface area contributed by atoms with Crippen molar-refractivity contribution in [3.63, 3.8) is 0 Å². The van der Waals surface area contributed by atoms with E-state index in [1.165, 1.54) is 15.2 Å². The van der Waals surface area contributed by atoms with E-state index in [2.05, 4.69) is 61.1 Å². The monoisotopic (exact) mass is 361 g/mol. The standard InChI is InChI=1S/C12H10N.Ir/c1-10-5-7-11(8-6-10)12-4-2-3-9-13-12;/h2-3,5-9H,1H3;/q;+2. The topological polar surface area (TPSA) is 12.9 Å². The number of aromatic nitrogens is 1. The molecule has 0 atom stereocenters. The SMILES string of the molecule is Cc1ccc(-c2nccc[c]2[Ir+2])cc1. The van der Waals surface area contributed by atoms with E-state index in [1.54, 1.807) is 0 Å². The molecule has 0 radical (unpaired) electrons. The van der Waals surface area contributed by atoms with Crippen LogP contribution in [0.25, 0.3) is 11.3 Å². The normalized spacial score (nSPS) is 10.1. The molecule has 0 N–H and O–H groups in total. The Morgan fingerprint density at radius 3 is 2.43 bits per heavy atom.